The zero-order valence-electron chi connectivity index (χ0n) is 10.8. The van der Waals surface area contributed by atoms with Gasteiger partial charge in [0.25, 0.3) is 0 Å². The van der Waals surface area contributed by atoms with Crippen molar-refractivity contribution in [1.29, 1.82) is 0 Å². The lowest BCUT2D eigenvalue weighted by atomic mass is 10.0. The van der Waals surface area contributed by atoms with Gasteiger partial charge in [0.05, 0.1) is 6.20 Å². The van der Waals surface area contributed by atoms with Gasteiger partial charge in [-0.25, -0.2) is 4.79 Å². The molecule has 1 fully saturated rings. The number of carbonyl (C=O) groups is 2. The van der Waals surface area contributed by atoms with Gasteiger partial charge in [0.1, 0.15) is 6.04 Å². The summed E-state index contributed by atoms with van der Waals surface area (Å²) in [6.45, 7) is 0.507. The fourth-order valence-corrected chi connectivity index (χ4v) is 2.24. The highest BCUT2D eigenvalue weighted by Crippen LogP contribution is 2.17. The number of piperidine rings is 1. The second-order valence-electron chi connectivity index (χ2n) is 4.66. The van der Waals surface area contributed by atoms with Crippen LogP contribution < -0.4 is 0 Å². The fraction of sp³-hybridized carbons (Fsp3) is 0.462. The van der Waals surface area contributed by atoms with E-state index in [1.54, 1.807) is 30.2 Å². The number of rotatable bonds is 3. The van der Waals surface area contributed by atoms with E-state index < -0.39 is 12.0 Å². The van der Waals surface area contributed by atoms with Gasteiger partial charge in [-0.2, -0.15) is 5.10 Å². The Bertz CT molecular complexity index is 507. The summed E-state index contributed by atoms with van der Waals surface area (Å²) in [6.07, 6.45) is 8.75. The molecule has 0 saturated carbocycles. The van der Waals surface area contributed by atoms with Crippen molar-refractivity contribution >= 4 is 18.0 Å². The van der Waals surface area contributed by atoms with Gasteiger partial charge in [-0.15, -0.1) is 0 Å². The summed E-state index contributed by atoms with van der Waals surface area (Å²) in [5.74, 6) is -1.18. The van der Waals surface area contributed by atoms with Gasteiger partial charge in [0.2, 0.25) is 5.91 Å². The number of nitrogens with zero attached hydrogens (tertiary/aromatic N) is 3. The summed E-state index contributed by atoms with van der Waals surface area (Å²) >= 11 is 0. The monoisotopic (exact) mass is 263 g/mol. The summed E-state index contributed by atoms with van der Waals surface area (Å²) in [6, 6.07) is -0.695. The molecule has 0 aliphatic carbocycles. The van der Waals surface area contributed by atoms with Crippen LogP contribution in [0.25, 0.3) is 6.08 Å². The van der Waals surface area contributed by atoms with Crippen LogP contribution in [-0.4, -0.2) is 44.3 Å². The second kappa shape index (κ2) is 5.69. The van der Waals surface area contributed by atoms with Crippen LogP contribution in [0, 0.1) is 0 Å². The average molecular weight is 263 g/mol. The summed E-state index contributed by atoms with van der Waals surface area (Å²) in [4.78, 5) is 24.6. The number of hydrogen-bond acceptors (Lipinski definition) is 3. The first-order valence-corrected chi connectivity index (χ1v) is 6.28. The number of aliphatic carboxylic acids is 1. The van der Waals surface area contributed by atoms with Crippen molar-refractivity contribution in [3.63, 3.8) is 0 Å². The van der Waals surface area contributed by atoms with Crippen molar-refractivity contribution in [2.24, 2.45) is 7.05 Å². The van der Waals surface area contributed by atoms with Crippen LogP contribution in [-0.2, 0) is 16.6 Å². The Labute approximate surface area is 111 Å². The number of aromatic nitrogens is 2. The molecule has 102 valence electrons. The van der Waals surface area contributed by atoms with Gasteiger partial charge in [0.15, 0.2) is 0 Å². The highest BCUT2D eigenvalue weighted by molar-refractivity contribution is 5.94. The summed E-state index contributed by atoms with van der Waals surface area (Å²) < 4.78 is 1.64. The largest absolute Gasteiger partial charge is 0.480 e. The number of likely N-dealkylation sites (tertiary alicyclic amines) is 1. The highest BCUT2D eigenvalue weighted by Gasteiger charge is 2.30. The average Bonchev–Trinajstić information content (AvgIpc) is 2.81. The van der Waals surface area contributed by atoms with Gasteiger partial charge in [-0.1, -0.05) is 0 Å². The molecular weight excluding hydrogens is 246 g/mol. The van der Waals surface area contributed by atoms with E-state index in [-0.39, 0.29) is 5.91 Å². The Morgan fingerprint density at radius 3 is 2.89 bits per heavy atom. The fourth-order valence-electron chi connectivity index (χ4n) is 2.24. The summed E-state index contributed by atoms with van der Waals surface area (Å²) in [5.41, 5.74) is 0.819. The maximum Gasteiger partial charge on any atom is 0.326 e. The molecule has 1 aromatic rings. The molecule has 19 heavy (non-hydrogen) atoms. The van der Waals surface area contributed by atoms with Crippen molar-refractivity contribution in [3.05, 3.63) is 24.0 Å². The van der Waals surface area contributed by atoms with Crippen LogP contribution >= 0.6 is 0 Å². The minimum atomic E-state index is -0.928. The molecule has 2 rings (SSSR count). The molecule has 0 radical (unpaired) electrons. The van der Waals surface area contributed by atoms with Crippen molar-refractivity contribution < 1.29 is 14.7 Å². The van der Waals surface area contributed by atoms with Gasteiger partial charge >= 0.3 is 5.97 Å². The van der Waals surface area contributed by atoms with Crippen LogP contribution in [0.15, 0.2) is 18.5 Å². The van der Waals surface area contributed by atoms with Crippen molar-refractivity contribution in [2.45, 2.75) is 25.3 Å². The van der Waals surface area contributed by atoms with E-state index in [4.69, 9.17) is 5.11 Å². The van der Waals surface area contributed by atoms with Crippen molar-refractivity contribution in [1.82, 2.24) is 14.7 Å². The van der Waals surface area contributed by atoms with Crippen LogP contribution in [0.5, 0.6) is 0 Å². The minimum absolute atomic E-state index is 0.254. The first-order chi connectivity index (χ1) is 9.08. The SMILES string of the molecule is Cn1cc(/C=C/C(=O)N2CCCC[C@@H]2C(=O)O)cn1. The third-order valence-electron chi connectivity index (χ3n) is 3.21. The zero-order chi connectivity index (χ0) is 13.8. The first-order valence-electron chi connectivity index (χ1n) is 6.28. The third kappa shape index (κ3) is 3.21. The molecule has 1 N–H and O–H groups in total. The summed E-state index contributed by atoms with van der Waals surface area (Å²) in [7, 11) is 1.80. The Hall–Kier alpha value is -2.11. The normalized spacial score (nSPS) is 19.8. The van der Waals surface area contributed by atoms with Crippen LogP contribution in [0.1, 0.15) is 24.8 Å². The maximum atomic E-state index is 12.0. The number of carboxylic acid groups (broad SMARTS) is 1. The number of amides is 1. The van der Waals surface area contributed by atoms with Gasteiger partial charge < -0.3 is 10.0 Å². The molecule has 0 aromatic carbocycles. The predicted molar refractivity (Wildman–Crippen MR) is 69.2 cm³/mol. The lowest BCUT2D eigenvalue weighted by Crippen LogP contribution is -2.47. The Morgan fingerprint density at radius 2 is 2.26 bits per heavy atom. The van der Waals surface area contributed by atoms with Crippen LogP contribution in [0.2, 0.25) is 0 Å². The Kier molecular flexibility index (Phi) is 3.99. The van der Waals surface area contributed by atoms with E-state index in [2.05, 4.69) is 5.10 Å². The predicted octanol–water partition coefficient (Wildman–Crippen LogP) is 0.899. The quantitative estimate of drug-likeness (QED) is 0.822. The van der Waals surface area contributed by atoms with E-state index in [0.717, 1.165) is 18.4 Å². The Balaban J connectivity index is 2.05. The van der Waals surface area contributed by atoms with E-state index in [1.165, 1.54) is 11.0 Å². The molecule has 1 atom stereocenters. The summed E-state index contributed by atoms with van der Waals surface area (Å²) in [5, 5.41) is 13.1. The number of aryl methyl sites for hydroxylation is 1. The van der Waals surface area contributed by atoms with Crippen LogP contribution in [0.3, 0.4) is 0 Å². The first kappa shape index (κ1) is 13.3. The maximum absolute atomic E-state index is 12.0. The van der Waals surface area contributed by atoms with Crippen molar-refractivity contribution in [2.75, 3.05) is 6.54 Å². The molecule has 0 spiro atoms. The minimum Gasteiger partial charge on any atom is -0.480 e. The topological polar surface area (TPSA) is 75.4 Å². The standard InChI is InChI=1S/C13H17N3O3/c1-15-9-10(8-14-15)5-6-12(17)16-7-3-2-4-11(16)13(18)19/h5-6,8-9,11H,2-4,7H2,1H3,(H,18,19)/b6-5+/t11-/m1/s1. The van der Waals surface area contributed by atoms with Gasteiger partial charge in [0, 0.05) is 31.4 Å². The molecule has 2 heterocycles. The lowest BCUT2D eigenvalue weighted by molar-refractivity contribution is -0.150. The van der Waals surface area contributed by atoms with E-state index in [9.17, 15) is 9.59 Å². The highest BCUT2D eigenvalue weighted by atomic mass is 16.4. The lowest BCUT2D eigenvalue weighted by Gasteiger charge is -2.32. The molecule has 6 heteroatoms. The van der Waals surface area contributed by atoms with Gasteiger partial charge in [-0.05, 0) is 25.3 Å². The smallest absolute Gasteiger partial charge is 0.326 e. The molecule has 0 unspecified atom stereocenters. The zero-order valence-corrected chi connectivity index (χ0v) is 10.8. The molecule has 1 aliphatic rings. The molecule has 1 saturated heterocycles. The molecule has 6 nitrogen and oxygen atoms in total. The Morgan fingerprint density at radius 1 is 1.47 bits per heavy atom. The van der Waals surface area contributed by atoms with Crippen molar-refractivity contribution in [3.8, 4) is 0 Å². The number of carbonyl (C=O) groups excluding carboxylic acids is 1. The molecule has 1 aliphatic heterocycles. The van der Waals surface area contributed by atoms with E-state index in [0.29, 0.717) is 13.0 Å². The van der Waals surface area contributed by atoms with Crippen LogP contribution in [0.4, 0.5) is 0 Å². The molecule has 1 aromatic heterocycles. The van der Waals surface area contributed by atoms with E-state index >= 15 is 0 Å². The third-order valence-corrected chi connectivity index (χ3v) is 3.21. The molecule has 0 bridgehead atoms. The van der Waals surface area contributed by atoms with Gasteiger partial charge in [-0.3, -0.25) is 9.48 Å². The second-order valence-corrected chi connectivity index (χ2v) is 4.66. The number of carboxylic acids is 1. The van der Waals surface area contributed by atoms with E-state index in [1.807, 2.05) is 0 Å². The molecular formula is C13H17N3O3. The number of hydrogen-bond donors (Lipinski definition) is 1. The molecule has 1 amide bonds.